The number of hydrogen-bond acceptors (Lipinski definition) is 5. The van der Waals surface area contributed by atoms with Gasteiger partial charge in [0.25, 0.3) is 0 Å². The highest BCUT2D eigenvalue weighted by Crippen LogP contribution is 2.29. The maximum absolute atomic E-state index is 12.4. The number of allylic oxidation sites excluding steroid dienone is 1. The monoisotopic (exact) mass is 334 g/mol. The summed E-state index contributed by atoms with van der Waals surface area (Å²) < 4.78 is 10.6. The number of urea groups is 1. The van der Waals surface area contributed by atoms with Crippen LogP contribution in [-0.2, 0) is 14.3 Å². The fourth-order valence-corrected chi connectivity index (χ4v) is 2.41. The first-order chi connectivity index (χ1) is 11.4. The second-order valence-corrected chi connectivity index (χ2v) is 5.72. The van der Waals surface area contributed by atoms with Crippen LogP contribution >= 0.6 is 0 Å². The molecule has 1 aliphatic heterocycles. The van der Waals surface area contributed by atoms with Crippen molar-refractivity contribution in [3.05, 3.63) is 41.1 Å². The molecule has 1 unspecified atom stereocenters. The third-order valence-corrected chi connectivity index (χ3v) is 3.46. The van der Waals surface area contributed by atoms with Crippen LogP contribution < -0.4 is 10.6 Å². The lowest BCUT2D eigenvalue weighted by molar-refractivity contribution is -0.141. The first kappa shape index (κ1) is 17.8. The van der Waals surface area contributed by atoms with Crippen molar-refractivity contribution in [2.75, 3.05) is 13.2 Å². The van der Waals surface area contributed by atoms with Crippen LogP contribution in [-0.4, -0.2) is 36.4 Å². The van der Waals surface area contributed by atoms with E-state index in [9.17, 15) is 14.7 Å². The Morgan fingerprint density at radius 3 is 2.75 bits per heavy atom. The molecule has 0 saturated heterocycles. The molecule has 0 bridgehead atoms. The molecular weight excluding hydrogens is 312 g/mol. The molecule has 24 heavy (non-hydrogen) atoms. The van der Waals surface area contributed by atoms with E-state index in [1.54, 1.807) is 19.1 Å². The highest BCUT2D eigenvalue weighted by Gasteiger charge is 2.32. The Balaban J connectivity index is 2.17. The van der Waals surface area contributed by atoms with Gasteiger partial charge in [-0.15, -0.1) is 0 Å². The Bertz CT molecular complexity index is 654. The molecule has 3 N–H and O–H groups in total. The molecular formula is C17H22N2O5. The maximum atomic E-state index is 12.4. The van der Waals surface area contributed by atoms with Crippen LogP contribution in [0.2, 0.25) is 0 Å². The molecule has 1 atom stereocenters. The number of carbonyl (C=O) groups excluding carboxylic acids is 2. The lowest BCUT2D eigenvalue weighted by atomic mass is 9.95. The van der Waals surface area contributed by atoms with E-state index in [2.05, 4.69) is 10.6 Å². The Hall–Kier alpha value is -2.54. The molecule has 0 radical (unpaired) electrons. The van der Waals surface area contributed by atoms with Gasteiger partial charge in [-0.3, -0.25) is 0 Å². The predicted molar refractivity (Wildman–Crippen MR) is 87.3 cm³/mol. The molecule has 1 aromatic carbocycles. The molecule has 2 rings (SSSR count). The van der Waals surface area contributed by atoms with Gasteiger partial charge in [0.2, 0.25) is 0 Å². The van der Waals surface area contributed by atoms with Gasteiger partial charge in [-0.05, 0) is 38.5 Å². The second kappa shape index (κ2) is 7.83. The van der Waals surface area contributed by atoms with Crippen LogP contribution in [0.25, 0.3) is 0 Å². The van der Waals surface area contributed by atoms with Gasteiger partial charge >= 0.3 is 12.0 Å². The molecule has 7 heteroatoms. The van der Waals surface area contributed by atoms with Crippen molar-refractivity contribution in [2.24, 2.45) is 0 Å². The first-order valence-electron chi connectivity index (χ1n) is 7.74. The number of carbonyl (C=O) groups is 2. The van der Waals surface area contributed by atoms with Crippen LogP contribution in [0.3, 0.4) is 0 Å². The normalized spacial score (nSPS) is 17.5. The number of esters is 1. The van der Waals surface area contributed by atoms with Crippen LogP contribution in [0.4, 0.5) is 4.79 Å². The summed E-state index contributed by atoms with van der Waals surface area (Å²) in [6.07, 6.45) is 0.0559. The molecule has 0 saturated carbocycles. The smallest absolute Gasteiger partial charge is 0.338 e. The van der Waals surface area contributed by atoms with E-state index in [4.69, 9.17) is 9.47 Å². The number of nitrogens with one attached hydrogen (secondary N) is 2. The standard InChI is InChI=1S/C17H22N2O5/c1-10(2)23-7-8-24-16(21)14-11(3)18-17(22)19-15(14)12-5-4-6-13(20)9-12/h4-6,9-10,15,20H,7-8H2,1-3H3,(H2,18,19,22). The van der Waals surface area contributed by atoms with Crippen molar-refractivity contribution >= 4 is 12.0 Å². The molecule has 0 spiro atoms. The summed E-state index contributed by atoms with van der Waals surface area (Å²) in [7, 11) is 0. The fraction of sp³-hybridized carbons (Fsp3) is 0.412. The Labute approximate surface area is 140 Å². The molecule has 7 nitrogen and oxygen atoms in total. The van der Waals surface area contributed by atoms with Crippen molar-refractivity contribution in [3.8, 4) is 5.75 Å². The number of benzene rings is 1. The molecule has 0 aromatic heterocycles. The van der Waals surface area contributed by atoms with Crippen LogP contribution in [0.5, 0.6) is 5.75 Å². The number of aromatic hydroxyl groups is 1. The van der Waals surface area contributed by atoms with Gasteiger partial charge in [0.05, 0.1) is 24.3 Å². The Kier molecular flexibility index (Phi) is 5.81. The number of phenols is 1. The van der Waals surface area contributed by atoms with Gasteiger partial charge in [-0.25, -0.2) is 9.59 Å². The average molecular weight is 334 g/mol. The van der Waals surface area contributed by atoms with Gasteiger partial charge in [-0.1, -0.05) is 12.1 Å². The lowest BCUT2D eigenvalue weighted by Gasteiger charge is -2.28. The van der Waals surface area contributed by atoms with Crippen LogP contribution in [0.15, 0.2) is 35.5 Å². The van der Waals surface area contributed by atoms with Crippen molar-refractivity contribution < 1.29 is 24.2 Å². The lowest BCUT2D eigenvalue weighted by Crippen LogP contribution is -2.45. The van der Waals surface area contributed by atoms with Gasteiger partial charge < -0.3 is 25.2 Å². The maximum Gasteiger partial charge on any atom is 0.338 e. The Morgan fingerprint density at radius 2 is 2.08 bits per heavy atom. The summed E-state index contributed by atoms with van der Waals surface area (Å²) in [6, 6.07) is 5.28. The van der Waals surface area contributed by atoms with E-state index in [0.717, 1.165) is 0 Å². The van der Waals surface area contributed by atoms with Gasteiger partial charge in [0.1, 0.15) is 12.4 Å². The third kappa shape index (κ3) is 4.48. The molecule has 1 aliphatic rings. The van der Waals surface area contributed by atoms with E-state index >= 15 is 0 Å². The minimum atomic E-state index is -0.690. The molecule has 0 fully saturated rings. The van der Waals surface area contributed by atoms with Gasteiger partial charge in [-0.2, -0.15) is 0 Å². The van der Waals surface area contributed by atoms with E-state index in [-0.39, 0.29) is 18.5 Å². The zero-order chi connectivity index (χ0) is 17.7. The van der Waals surface area contributed by atoms with E-state index in [1.165, 1.54) is 12.1 Å². The molecule has 1 heterocycles. The summed E-state index contributed by atoms with van der Waals surface area (Å²) >= 11 is 0. The predicted octanol–water partition coefficient (Wildman–Crippen LogP) is 1.99. The van der Waals surface area contributed by atoms with Gasteiger partial charge in [0.15, 0.2) is 0 Å². The van der Waals surface area contributed by atoms with Crippen LogP contribution in [0.1, 0.15) is 32.4 Å². The average Bonchev–Trinajstić information content (AvgIpc) is 2.50. The van der Waals surface area contributed by atoms with E-state index in [1.807, 2.05) is 13.8 Å². The van der Waals surface area contributed by atoms with Crippen molar-refractivity contribution in [1.29, 1.82) is 0 Å². The summed E-state index contributed by atoms with van der Waals surface area (Å²) in [4.78, 5) is 24.2. The van der Waals surface area contributed by atoms with E-state index in [0.29, 0.717) is 23.4 Å². The molecule has 0 aliphatic carbocycles. The minimum Gasteiger partial charge on any atom is -0.508 e. The number of amides is 2. The number of ether oxygens (including phenoxy) is 2. The minimum absolute atomic E-state index is 0.0518. The summed E-state index contributed by atoms with van der Waals surface area (Å²) in [5.74, 6) is -0.489. The fourth-order valence-electron chi connectivity index (χ4n) is 2.41. The van der Waals surface area contributed by atoms with Crippen molar-refractivity contribution in [3.63, 3.8) is 0 Å². The molecule has 2 amide bonds. The largest absolute Gasteiger partial charge is 0.508 e. The topological polar surface area (TPSA) is 96.9 Å². The highest BCUT2D eigenvalue weighted by molar-refractivity contribution is 5.95. The van der Waals surface area contributed by atoms with Crippen molar-refractivity contribution in [2.45, 2.75) is 32.9 Å². The number of hydrogen-bond donors (Lipinski definition) is 3. The Morgan fingerprint density at radius 1 is 1.33 bits per heavy atom. The molecule has 1 aromatic rings. The zero-order valence-electron chi connectivity index (χ0n) is 14.0. The zero-order valence-corrected chi connectivity index (χ0v) is 14.0. The van der Waals surface area contributed by atoms with Gasteiger partial charge in [0, 0.05) is 5.70 Å². The summed E-state index contributed by atoms with van der Waals surface area (Å²) in [5.41, 5.74) is 1.31. The summed E-state index contributed by atoms with van der Waals surface area (Å²) in [6.45, 7) is 5.84. The second-order valence-electron chi connectivity index (χ2n) is 5.72. The SMILES string of the molecule is CC1=C(C(=O)OCCOC(C)C)C(c2cccc(O)c2)NC(=O)N1. The van der Waals surface area contributed by atoms with Crippen LogP contribution in [0, 0.1) is 0 Å². The first-order valence-corrected chi connectivity index (χ1v) is 7.74. The van der Waals surface area contributed by atoms with Crippen molar-refractivity contribution in [1.82, 2.24) is 10.6 Å². The van der Waals surface area contributed by atoms with E-state index < -0.39 is 18.0 Å². The molecule has 130 valence electrons. The number of phenolic OH excluding ortho intramolecular Hbond substituents is 1. The third-order valence-electron chi connectivity index (χ3n) is 3.46. The quantitative estimate of drug-likeness (QED) is 0.546. The summed E-state index contributed by atoms with van der Waals surface area (Å²) in [5, 5.41) is 14.9. The highest BCUT2D eigenvalue weighted by atomic mass is 16.6. The number of rotatable bonds is 6.